The zero-order valence-electron chi connectivity index (χ0n) is 15.8. The van der Waals surface area contributed by atoms with Crippen molar-refractivity contribution in [3.05, 3.63) is 35.9 Å². The van der Waals surface area contributed by atoms with Gasteiger partial charge in [0.05, 0.1) is 12.1 Å². The molecule has 26 heavy (non-hydrogen) atoms. The maximum atomic E-state index is 12.4. The average molecular weight is 364 g/mol. The Kier molecular flexibility index (Phi) is 6.47. The number of ether oxygens (including phenoxy) is 2. The number of amides is 2. The van der Waals surface area contributed by atoms with E-state index in [-0.39, 0.29) is 19.7 Å². The van der Waals surface area contributed by atoms with Gasteiger partial charge in [0, 0.05) is 19.6 Å². The Morgan fingerprint density at radius 2 is 1.85 bits per heavy atom. The fraction of sp³-hybridized carbons (Fsp3) is 0.579. The molecule has 1 aliphatic rings. The van der Waals surface area contributed by atoms with E-state index in [0.29, 0.717) is 6.54 Å². The lowest BCUT2D eigenvalue weighted by atomic mass is 10.1. The molecule has 0 bridgehead atoms. The molecule has 2 rings (SSSR count). The fourth-order valence-electron chi connectivity index (χ4n) is 2.74. The predicted molar refractivity (Wildman–Crippen MR) is 96.6 cm³/mol. The number of rotatable bonds is 3. The van der Waals surface area contributed by atoms with Crippen molar-refractivity contribution in [1.29, 1.82) is 0 Å². The number of piperazine rings is 1. The molecule has 7 heteroatoms. The van der Waals surface area contributed by atoms with E-state index < -0.39 is 29.9 Å². The van der Waals surface area contributed by atoms with E-state index >= 15 is 0 Å². The third-order valence-corrected chi connectivity index (χ3v) is 4.07. The van der Waals surface area contributed by atoms with Crippen LogP contribution in [0.5, 0.6) is 0 Å². The second kappa shape index (κ2) is 8.40. The van der Waals surface area contributed by atoms with Crippen LogP contribution in [-0.4, -0.2) is 64.5 Å². The molecule has 144 valence electrons. The Bertz CT molecular complexity index is 612. The Morgan fingerprint density at radius 3 is 2.42 bits per heavy atom. The normalized spacial score (nSPS) is 19.0. The molecule has 2 unspecified atom stereocenters. The van der Waals surface area contributed by atoms with Gasteiger partial charge < -0.3 is 19.5 Å². The second-order valence-corrected chi connectivity index (χ2v) is 7.47. The van der Waals surface area contributed by atoms with Gasteiger partial charge in [0.1, 0.15) is 12.2 Å². The van der Waals surface area contributed by atoms with Crippen LogP contribution in [-0.2, 0) is 16.1 Å². The van der Waals surface area contributed by atoms with Crippen LogP contribution in [0.3, 0.4) is 0 Å². The molecule has 1 aromatic carbocycles. The van der Waals surface area contributed by atoms with Crippen molar-refractivity contribution in [3.8, 4) is 0 Å². The van der Waals surface area contributed by atoms with Gasteiger partial charge in [0.2, 0.25) is 0 Å². The summed E-state index contributed by atoms with van der Waals surface area (Å²) in [4.78, 5) is 27.7. The highest BCUT2D eigenvalue weighted by atomic mass is 16.6. The zero-order valence-corrected chi connectivity index (χ0v) is 15.8. The summed E-state index contributed by atoms with van der Waals surface area (Å²) in [6.07, 6.45) is -1.74. The maximum absolute atomic E-state index is 12.4. The van der Waals surface area contributed by atoms with Crippen LogP contribution in [0.15, 0.2) is 30.3 Å². The molecular weight excluding hydrogens is 336 g/mol. The fourth-order valence-corrected chi connectivity index (χ4v) is 2.74. The molecule has 1 N–H and O–H groups in total. The van der Waals surface area contributed by atoms with Gasteiger partial charge in [-0.2, -0.15) is 0 Å². The van der Waals surface area contributed by atoms with E-state index in [0.717, 1.165) is 5.56 Å². The van der Waals surface area contributed by atoms with Gasteiger partial charge in [-0.15, -0.1) is 0 Å². The Balaban J connectivity index is 1.97. The first kappa shape index (κ1) is 20.0. The number of carbonyl (C=O) groups is 2. The quantitative estimate of drug-likeness (QED) is 0.892. The summed E-state index contributed by atoms with van der Waals surface area (Å²) in [7, 11) is 0. The van der Waals surface area contributed by atoms with Gasteiger partial charge in [0.25, 0.3) is 0 Å². The molecule has 0 saturated carbocycles. The molecule has 0 aliphatic carbocycles. The third-order valence-electron chi connectivity index (χ3n) is 4.07. The van der Waals surface area contributed by atoms with E-state index in [2.05, 4.69) is 0 Å². The molecule has 2 amide bonds. The molecule has 1 aliphatic heterocycles. The van der Waals surface area contributed by atoms with Gasteiger partial charge in [0.15, 0.2) is 0 Å². The van der Waals surface area contributed by atoms with Gasteiger partial charge in [-0.05, 0) is 33.3 Å². The first-order chi connectivity index (χ1) is 12.2. The molecule has 0 aromatic heterocycles. The Morgan fingerprint density at radius 1 is 1.19 bits per heavy atom. The number of carbonyl (C=O) groups excluding carboxylic acids is 2. The average Bonchev–Trinajstić information content (AvgIpc) is 2.58. The number of nitrogens with zero attached hydrogens (tertiary/aromatic N) is 2. The number of hydrogen-bond acceptors (Lipinski definition) is 5. The molecule has 7 nitrogen and oxygen atoms in total. The minimum atomic E-state index is -0.801. The van der Waals surface area contributed by atoms with Gasteiger partial charge >= 0.3 is 12.2 Å². The largest absolute Gasteiger partial charge is 0.445 e. The standard InChI is InChI=1S/C19H28N2O5/c1-14(22)16-12-20(17(23)26-19(2,3)4)10-11-21(16)18(24)25-13-15-8-6-5-7-9-15/h5-9,14,16,22H,10-13H2,1-4H3. The molecule has 1 aromatic rings. The molecular formula is C19H28N2O5. The summed E-state index contributed by atoms with van der Waals surface area (Å²) in [6.45, 7) is 7.98. The van der Waals surface area contributed by atoms with E-state index in [9.17, 15) is 14.7 Å². The van der Waals surface area contributed by atoms with Crippen LogP contribution >= 0.6 is 0 Å². The number of benzene rings is 1. The zero-order chi connectivity index (χ0) is 19.3. The molecule has 1 heterocycles. The molecule has 1 fully saturated rings. The topological polar surface area (TPSA) is 79.3 Å². The van der Waals surface area contributed by atoms with Gasteiger partial charge in [-0.3, -0.25) is 4.90 Å². The summed E-state index contributed by atoms with van der Waals surface area (Å²) >= 11 is 0. The molecule has 0 radical (unpaired) electrons. The molecule has 2 atom stereocenters. The molecule has 1 saturated heterocycles. The van der Waals surface area contributed by atoms with Crippen LogP contribution < -0.4 is 0 Å². The highest BCUT2D eigenvalue weighted by Crippen LogP contribution is 2.18. The highest BCUT2D eigenvalue weighted by molar-refractivity contribution is 5.71. The first-order valence-electron chi connectivity index (χ1n) is 8.80. The van der Waals surface area contributed by atoms with Crippen molar-refractivity contribution >= 4 is 12.2 Å². The lowest BCUT2D eigenvalue weighted by Gasteiger charge is -2.42. The summed E-state index contributed by atoms with van der Waals surface area (Å²) in [5.41, 5.74) is 0.297. The Labute approximate surface area is 154 Å². The van der Waals surface area contributed by atoms with Crippen LogP contribution in [0, 0.1) is 0 Å². The number of aliphatic hydroxyl groups excluding tert-OH is 1. The summed E-state index contributed by atoms with van der Waals surface area (Å²) in [5, 5.41) is 10.1. The predicted octanol–water partition coefficient (Wildman–Crippen LogP) is 2.63. The minimum Gasteiger partial charge on any atom is -0.445 e. The summed E-state index contributed by atoms with van der Waals surface area (Å²) in [6, 6.07) is 8.85. The van der Waals surface area contributed by atoms with Crippen LogP contribution in [0.2, 0.25) is 0 Å². The van der Waals surface area contributed by atoms with Crippen molar-refractivity contribution in [2.24, 2.45) is 0 Å². The monoisotopic (exact) mass is 364 g/mol. The van der Waals surface area contributed by atoms with E-state index in [1.54, 1.807) is 27.7 Å². The number of hydrogen-bond donors (Lipinski definition) is 1. The van der Waals surface area contributed by atoms with Crippen LogP contribution in [0.4, 0.5) is 9.59 Å². The van der Waals surface area contributed by atoms with E-state index in [1.807, 2.05) is 30.3 Å². The van der Waals surface area contributed by atoms with E-state index in [4.69, 9.17) is 9.47 Å². The van der Waals surface area contributed by atoms with Crippen molar-refractivity contribution in [2.45, 2.75) is 52.0 Å². The van der Waals surface area contributed by atoms with Gasteiger partial charge in [-0.1, -0.05) is 30.3 Å². The minimum absolute atomic E-state index is 0.165. The summed E-state index contributed by atoms with van der Waals surface area (Å²) < 4.78 is 10.7. The smallest absolute Gasteiger partial charge is 0.410 e. The van der Waals surface area contributed by atoms with Crippen LogP contribution in [0.25, 0.3) is 0 Å². The Hall–Kier alpha value is -2.28. The highest BCUT2D eigenvalue weighted by Gasteiger charge is 2.37. The van der Waals surface area contributed by atoms with Crippen molar-refractivity contribution in [1.82, 2.24) is 9.80 Å². The summed E-state index contributed by atoms with van der Waals surface area (Å²) in [5.74, 6) is 0. The lowest BCUT2D eigenvalue weighted by molar-refractivity contribution is -0.0212. The van der Waals surface area contributed by atoms with Crippen LogP contribution in [0.1, 0.15) is 33.3 Å². The lowest BCUT2D eigenvalue weighted by Crippen LogP contribution is -2.60. The SMILES string of the molecule is CC(O)C1CN(C(=O)OC(C)(C)C)CCN1C(=O)OCc1ccccc1. The van der Waals surface area contributed by atoms with E-state index in [1.165, 1.54) is 9.80 Å². The van der Waals surface area contributed by atoms with Crippen molar-refractivity contribution in [2.75, 3.05) is 19.6 Å². The van der Waals surface area contributed by atoms with Crippen molar-refractivity contribution in [3.63, 3.8) is 0 Å². The first-order valence-corrected chi connectivity index (χ1v) is 8.80. The van der Waals surface area contributed by atoms with Gasteiger partial charge in [-0.25, -0.2) is 9.59 Å². The number of aliphatic hydroxyl groups is 1. The molecule has 0 spiro atoms. The second-order valence-electron chi connectivity index (χ2n) is 7.47. The maximum Gasteiger partial charge on any atom is 0.410 e. The van der Waals surface area contributed by atoms with Crippen molar-refractivity contribution < 1.29 is 24.2 Å². The third kappa shape index (κ3) is 5.62.